The minimum Gasteiger partial charge on any atom is -0.444 e. The normalized spacial score (nSPS) is 10.6. The second kappa shape index (κ2) is 7.06. The van der Waals surface area contributed by atoms with E-state index in [1.54, 1.807) is 18.5 Å². The molecule has 0 aliphatic rings. The number of pyridine rings is 1. The minimum absolute atomic E-state index is 0.187. The molecule has 4 rings (SSSR count). The Morgan fingerprint density at radius 3 is 2.81 bits per heavy atom. The van der Waals surface area contributed by atoms with Crippen molar-refractivity contribution in [3.05, 3.63) is 78.6 Å². The zero-order valence-corrected chi connectivity index (χ0v) is 13.8. The van der Waals surface area contributed by atoms with Crippen LogP contribution in [-0.2, 0) is 11.3 Å². The van der Waals surface area contributed by atoms with Crippen LogP contribution in [0.2, 0.25) is 0 Å². The molecule has 0 aliphatic carbocycles. The average Bonchev–Trinajstić information content (AvgIpc) is 3.15. The molecule has 1 N–H and O–H groups in total. The zero-order valence-electron chi connectivity index (χ0n) is 13.8. The number of anilines is 1. The lowest BCUT2D eigenvalue weighted by Gasteiger charge is -2.04. The maximum atomic E-state index is 11.9. The Labute approximate surface area is 149 Å². The SMILES string of the molecule is O=C(Nc1cc(-c2ccc3cnccc3c2)no1)OCc1ccccc1. The van der Waals surface area contributed by atoms with E-state index >= 15 is 0 Å². The summed E-state index contributed by atoms with van der Waals surface area (Å²) < 4.78 is 10.3. The summed E-state index contributed by atoms with van der Waals surface area (Å²) in [5.41, 5.74) is 2.42. The molecule has 1 amide bonds. The third kappa shape index (κ3) is 3.54. The lowest BCUT2D eigenvalue weighted by atomic mass is 10.1. The number of carbonyl (C=O) groups is 1. The predicted octanol–water partition coefficient (Wildman–Crippen LogP) is 4.64. The molecule has 2 heterocycles. The van der Waals surface area contributed by atoms with Crippen LogP contribution in [0.25, 0.3) is 22.0 Å². The number of rotatable bonds is 4. The number of aromatic nitrogens is 2. The van der Waals surface area contributed by atoms with Crippen molar-refractivity contribution >= 4 is 22.7 Å². The highest BCUT2D eigenvalue weighted by molar-refractivity contribution is 5.87. The average molecular weight is 345 g/mol. The molecular weight excluding hydrogens is 330 g/mol. The van der Waals surface area contributed by atoms with Gasteiger partial charge in [0.05, 0.1) is 0 Å². The molecule has 2 aromatic heterocycles. The van der Waals surface area contributed by atoms with E-state index in [9.17, 15) is 4.79 Å². The van der Waals surface area contributed by atoms with Gasteiger partial charge in [-0.2, -0.15) is 0 Å². The van der Waals surface area contributed by atoms with Crippen molar-refractivity contribution in [2.24, 2.45) is 0 Å². The first kappa shape index (κ1) is 15.8. The molecule has 128 valence electrons. The molecule has 0 radical (unpaired) electrons. The Morgan fingerprint density at radius 1 is 1.04 bits per heavy atom. The molecule has 0 fully saturated rings. The minimum atomic E-state index is -0.596. The van der Waals surface area contributed by atoms with Crippen LogP contribution in [-0.4, -0.2) is 16.2 Å². The van der Waals surface area contributed by atoms with E-state index in [0.29, 0.717) is 5.69 Å². The van der Waals surface area contributed by atoms with Crippen molar-refractivity contribution in [1.82, 2.24) is 10.1 Å². The van der Waals surface area contributed by atoms with Gasteiger partial charge >= 0.3 is 6.09 Å². The van der Waals surface area contributed by atoms with E-state index in [4.69, 9.17) is 9.26 Å². The van der Waals surface area contributed by atoms with Gasteiger partial charge in [0.1, 0.15) is 12.3 Å². The fourth-order valence-electron chi connectivity index (χ4n) is 2.57. The maximum Gasteiger partial charge on any atom is 0.414 e. The molecule has 0 saturated heterocycles. The number of amides is 1. The number of carbonyl (C=O) groups excluding carboxylic acids is 1. The molecule has 0 unspecified atom stereocenters. The first-order valence-corrected chi connectivity index (χ1v) is 8.06. The van der Waals surface area contributed by atoms with Gasteiger partial charge in [-0.15, -0.1) is 0 Å². The summed E-state index contributed by atoms with van der Waals surface area (Å²) in [6.45, 7) is 0.187. The molecule has 4 aromatic rings. The van der Waals surface area contributed by atoms with Gasteiger partial charge in [-0.1, -0.05) is 47.6 Å². The van der Waals surface area contributed by atoms with Gasteiger partial charge in [0.15, 0.2) is 0 Å². The molecular formula is C20H15N3O3. The van der Waals surface area contributed by atoms with Crippen LogP contribution in [0.3, 0.4) is 0 Å². The number of nitrogens with one attached hydrogen (secondary N) is 1. The summed E-state index contributed by atoms with van der Waals surface area (Å²) >= 11 is 0. The van der Waals surface area contributed by atoms with Crippen molar-refractivity contribution in [2.75, 3.05) is 5.32 Å². The van der Waals surface area contributed by atoms with Crippen molar-refractivity contribution in [1.29, 1.82) is 0 Å². The fourth-order valence-corrected chi connectivity index (χ4v) is 2.57. The molecule has 0 bridgehead atoms. The number of hydrogen-bond acceptors (Lipinski definition) is 5. The van der Waals surface area contributed by atoms with Gasteiger partial charge in [-0.3, -0.25) is 10.3 Å². The van der Waals surface area contributed by atoms with Crippen LogP contribution in [0.5, 0.6) is 0 Å². The smallest absolute Gasteiger partial charge is 0.414 e. The monoisotopic (exact) mass is 345 g/mol. The number of fused-ring (bicyclic) bond motifs is 1. The summed E-state index contributed by atoms with van der Waals surface area (Å²) in [6.07, 6.45) is 2.95. The van der Waals surface area contributed by atoms with E-state index in [0.717, 1.165) is 21.9 Å². The second-order valence-corrected chi connectivity index (χ2v) is 5.70. The van der Waals surface area contributed by atoms with Crippen molar-refractivity contribution in [3.63, 3.8) is 0 Å². The van der Waals surface area contributed by atoms with Crippen molar-refractivity contribution < 1.29 is 14.1 Å². The molecule has 6 nitrogen and oxygen atoms in total. The van der Waals surface area contributed by atoms with Gasteiger partial charge in [-0.05, 0) is 23.1 Å². The molecule has 0 aliphatic heterocycles. The van der Waals surface area contributed by atoms with Crippen LogP contribution in [0, 0.1) is 0 Å². The van der Waals surface area contributed by atoms with E-state index in [1.165, 1.54) is 0 Å². The van der Waals surface area contributed by atoms with E-state index < -0.39 is 6.09 Å². The van der Waals surface area contributed by atoms with Crippen molar-refractivity contribution in [2.45, 2.75) is 6.61 Å². The van der Waals surface area contributed by atoms with Crippen LogP contribution in [0.15, 0.2) is 77.6 Å². The van der Waals surface area contributed by atoms with E-state index in [2.05, 4.69) is 15.5 Å². The standard InChI is InChI=1S/C20H15N3O3/c24-20(25-13-14-4-2-1-3-5-14)22-19-11-18(23-26-19)16-6-7-17-12-21-9-8-15(17)10-16/h1-12H,13H2,(H,22,24). The predicted molar refractivity (Wildman–Crippen MR) is 97.5 cm³/mol. The molecule has 0 spiro atoms. The second-order valence-electron chi connectivity index (χ2n) is 5.70. The zero-order chi connectivity index (χ0) is 17.8. The fraction of sp³-hybridized carbons (Fsp3) is 0.0500. The highest BCUT2D eigenvalue weighted by atomic mass is 16.6. The Hall–Kier alpha value is -3.67. The summed E-state index contributed by atoms with van der Waals surface area (Å²) in [5.74, 6) is 0.230. The van der Waals surface area contributed by atoms with Crippen LogP contribution in [0.1, 0.15) is 5.56 Å². The highest BCUT2D eigenvalue weighted by Gasteiger charge is 2.11. The summed E-state index contributed by atoms with van der Waals surface area (Å²) in [5, 5.41) is 8.64. The number of nitrogens with zero attached hydrogens (tertiary/aromatic N) is 2. The van der Waals surface area contributed by atoms with Crippen LogP contribution >= 0.6 is 0 Å². The number of benzene rings is 2. The number of ether oxygens (including phenoxy) is 1. The van der Waals surface area contributed by atoms with E-state index in [-0.39, 0.29) is 12.5 Å². The van der Waals surface area contributed by atoms with Gasteiger partial charge < -0.3 is 9.26 Å². The Balaban J connectivity index is 1.43. The van der Waals surface area contributed by atoms with Gasteiger partial charge in [0, 0.05) is 29.4 Å². The molecule has 26 heavy (non-hydrogen) atoms. The third-order valence-electron chi connectivity index (χ3n) is 3.88. The summed E-state index contributed by atoms with van der Waals surface area (Å²) in [4.78, 5) is 16.0. The lowest BCUT2D eigenvalue weighted by molar-refractivity contribution is 0.154. The number of hydrogen-bond donors (Lipinski definition) is 1. The summed E-state index contributed by atoms with van der Waals surface area (Å²) in [6, 6.07) is 18.9. The van der Waals surface area contributed by atoms with Gasteiger partial charge in [0.25, 0.3) is 0 Å². The molecule has 0 atom stereocenters. The highest BCUT2D eigenvalue weighted by Crippen LogP contribution is 2.25. The van der Waals surface area contributed by atoms with Crippen LogP contribution < -0.4 is 5.32 Å². The third-order valence-corrected chi connectivity index (χ3v) is 3.88. The quantitative estimate of drug-likeness (QED) is 0.583. The van der Waals surface area contributed by atoms with Gasteiger partial charge in [-0.25, -0.2) is 4.79 Å². The van der Waals surface area contributed by atoms with Crippen molar-refractivity contribution in [3.8, 4) is 11.3 Å². The largest absolute Gasteiger partial charge is 0.444 e. The first-order chi connectivity index (χ1) is 12.8. The van der Waals surface area contributed by atoms with Crippen LogP contribution in [0.4, 0.5) is 10.7 Å². The first-order valence-electron chi connectivity index (χ1n) is 8.06. The topological polar surface area (TPSA) is 77.3 Å². The Kier molecular flexibility index (Phi) is 4.30. The van der Waals surface area contributed by atoms with E-state index in [1.807, 2.05) is 54.6 Å². The molecule has 0 saturated carbocycles. The van der Waals surface area contributed by atoms with Gasteiger partial charge in [0.2, 0.25) is 5.88 Å². The molecule has 6 heteroatoms. The Bertz CT molecular complexity index is 1040. The maximum absolute atomic E-state index is 11.9. The Morgan fingerprint density at radius 2 is 1.92 bits per heavy atom. The molecule has 2 aromatic carbocycles. The summed E-state index contributed by atoms with van der Waals surface area (Å²) in [7, 11) is 0. The lowest BCUT2D eigenvalue weighted by Crippen LogP contribution is -2.12.